The zero-order chi connectivity index (χ0) is 14.4. The van der Waals surface area contributed by atoms with Gasteiger partial charge in [0.2, 0.25) is 5.91 Å². The maximum absolute atomic E-state index is 12.4. The number of amides is 1. The number of carbonyl (C=O) groups excluding carboxylic acids is 1. The highest BCUT2D eigenvalue weighted by atomic mass is 16.1. The molecule has 2 aliphatic rings. The summed E-state index contributed by atoms with van der Waals surface area (Å²) in [5.41, 5.74) is 6.08. The predicted octanol–water partition coefficient (Wildman–Crippen LogP) is 3.37. The molecule has 0 bridgehead atoms. The maximum atomic E-state index is 12.4. The first-order valence-electron chi connectivity index (χ1n) is 8.63. The van der Waals surface area contributed by atoms with Gasteiger partial charge in [-0.1, -0.05) is 39.0 Å². The molecule has 0 aromatic carbocycles. The van der Waals surface area contributed by atoms with Crippen molar-refractivity contribution in [2.45, 2.75) is 83.6 Å². The van der Waals surface area contributed by atoms with Crippen molar-refractivity contribution in [3.8, 4) is 0 Å². The molecule has 2 rings (SSSR count). The molecule has 20 heavy (non-hydrogen) atoms. The summed E-state index contributed by atoms with van der Waals surface area (Å²) in [5.74, 6) is 1.07. The van der Waals surface area contributed by atoms with Crippen molar-refractivity contribution < 1.29 is 4.79 Å². The minimum atomic E-state index is 0.0976. The predicted molar refractivity (Wildman–Crippen MR) is 83.4 cm³/mol. The monoisotopic (exact) mass is 280 g/mol. The van der Waals surface area contributed by atoms with Crippen LogP contribution >= 0.6 is 0 Å². The van der Waals surface area contributed by atoms with Gasteiger partial charge in [0.15, 0.2) is 0 Å². The molecule has 3 nitrogen and oxygen atoms in total. The van der Waals surface area contributed by atoms with E-state index in [1.54, 1.807) is 0 Å². The third-order valence-corrected chi connectivity index (χ3v) is 5.51. The van der Waals surface area contributed by atoms with Gasteiger partial charge in [-0.3, -0.25) is 4.79 Å². The molecule has 0 heterocycles. The Morgan fingerprint density at radius 2 is 1.85 bits per heavy atom. The van der Waals surface area contributed by atoms with Gasteiger partial charge in [-0.25, -0.2) is 0 Å². The van der Waals surface area contributed by atoms with E-state index < -0.39 is 0 Å². The number of nitrogens with two attached hydrogens (primary N) is 1. The van der Waals surface area contributed by atoms with E-state index in [0.29, 0.717) is 19.0 Å². The Labute approximate surface area is 124 Å². The molecule has 3 heteroatoms. The number of hydrogen-bond acceptors (Lipinski definition) is 2. The van der Waals surface area contributed by atoms with Crippen LogP contribution in [0.1, 0.15) is 77.6 Å². The van der Waals surface area contributed by atoms with Gasteiger partial charge in [-0.15, -0.1) is 0 Å². The SMILES string of the molecule is CC1CCCC(NC(=O)CC2(CN)CCCCC2)CC1. The fraction of sp³-hybridized carbons (Fsp3) is 0.941. The van der Waals surface area contributed by atoms with Gasteiger partial charge < -0.3 is 11.1 Å². The Hall–Kier alpha value is -0.570. The molecule has 0 saturated heterocycles. The van der Waals surface area contributed by atoms with Crippen LogP contribution in [0.5, 0.6) is 0 Å². The van der Waals surface area contributed by atoms with Crippen LogP contribution in [-0.2, 0) is 4.79 Å². The van der Waals surface area contributed by atoms with E-state index >= 15 is 0 Å². The summed E-state index contributed by atoms with van der Waals surface area (Å²) >= 11 is 0. The van der Waals surface area contributed by atoms with Crippen molar-refractivity contribution >= 4 is 5.91 Å². The maximum Gasteiger partial charge on any atom is 0.220 e. The van der Waals surface area contributed by atoms with E-state index in [1.165, 1.54) is 38.5 Å². The largest absolute Gasteiger partial charge is 0.353 e. The van der Waals surface area contributed by atoms with E-state index in [0.717, 1.165) is 31.6 Å². The zero-order valence-electron chi connectivity index (χ0n) is 13.1. The van der Waals surface area contributed by atoms with E-state index in [4.69, 9.17) is 5.73 Å². The first kappa shape index (κ1) is 15.8. The summed E-state index contributed by atoms with van der Waals surface area (Å²) in [6.07, 6.45) is 12.9. The minimum absolute atomic E-state index is 0.0976. The molecule has 3 N–H and O–H groups in total. The molecule has 0 aromatic rings. The molecule has 1 amide bonds. The number of carbonyl (C=O) groups is 1. The minimum Gasteiger partial charge on any atom is -0.353 e. The van der Waals surface area contributed by atoms with E-state index in [-0.39, 0.29) is 11.3 Å². The Morgan fingerprint density at radius 3 is 2.55 bits per heavy atom. The molecule has 0 aliphatic heterocycles. The highest BCUT2D eigenvalue weighted by molar-refractivity contribution is 5.77. The van der Waals surface area contributed by atoms with Crippen molar-refractivity contribution in [2.75, 3.05) is 6.54 Å². The van der Waals surface area contributed by atoms with Crippen molar-refractivity contribution in [3.63, 3.8) is 0 Å². The van der Waals surface area contributed by atoms with Crippen molar-refractivity contribution in [2.24, 2.45) is 17.1 Å². The van der Waals surface area contributed by atoms with E-state index in [9.17, 15) is 4.79 Å². The summed E-state index contributed by atoms with van der Waals surface area (Å²) in [4.78, 5) is 12.4. The third kappa shape index (κ3) is 4.47. The smallest absolute Gasteiger partial charge is 0.220 e. The molecular formula is C17H32N2O. The van der Waals surface area contributed by atoms with Gasteiger partial charge in [0, 0.05) is 12.5 Å². The van der Waals surface area contributed by atoms with Gasteiger partial charge in [0.05, 0.1) is 0 Å². The van der Waals surface area contributed by atoms with Crippen LogP contribution in [0.4, 0.5) is 0 Å². The fourth-order valence-electron chi connectivity index (χ4n) is 4.01. The molecule has 0 aromatic heterocycles. The molecule has 0 radical (unpaired) electrons. The standard InChI is InChI=1S/C17H32N2O/c1-14-6-5-7-15(9-8-14)19-16(20)12-17(13-18)10-3-2-4-11-17/h14-15H,2-13,18H2,1H3,(H,19,20). The third-order valence-electron chi connectivity index (χ3n) is 5.51. The molecule has 0 spiro atoms. The van der Waals surface area contributed by atoms with Gasteiger partial charge in [-0.2, -0.15) is 0 Å². The second kappa shape index (κ2) is 7.44. The van der Waals surface area contributed by atoms with Crippen LogP contribution in [0.2, 0.25) is 0 Å². The Bertz CT molecular complexity index is 310. The van der Waals surface area contributed by atoms with E-state index in [1.807, 2.05) is 0 Å². The highest BCUT2D eigenvalue weighted by Gasteiger charge is 2.33. The lowest BCUT2D eigenvalue weighted by atomic mass is 9.71. The van der Waals surface area contributed by atoms with Crippen LogP contribution in [0.3, 0.4) is 0 Å². The number of hydrogen-bond donors (Lipinski definition) is 2. The van der Waals surface area contributed by atoms with E-state index in [2.05, 4.69) is 12.2 Å². The summed E-state index contributed by atoms with van der Waals surface area (Å²) in [5, 5.41) is 3.29. The second-order valence-corrected chi connectivity index (χ2v) is 7.32. The van der Waals surface area contributed by atoms with Crippen LogP contribution < -0.4 is 11.1 Å². The zero-order valence-corrected chi connectivity index (χ0v) is 13.1. The highest BCUT2D eigenvalue weighted by Crippen LogP contribution is 2.38. The average molecular weight is 280 g/mol. The topological polar surface area (TPSA) is 55.1 Å². The van der Waals surface area contributed by atoms with Crippen molar-refractivity contribution in [3.05, 3.63) is 0 Å². The van der Waals surface area contributed by atoms with Gasteiger partial charge in [-0.05, 0) is 50.0 Å². The van der Waals surface area contributed by atoms with Gasteiger partial charge in [0.25, 0.3) is 0 Å². The quantitative estimate of drug-likeness (QED) is 0.776. The summed E-state index contributed by atoms with van der Waals surface area (Å²) in [6, 6.07) is 0.408. The Balaban J connectivity index is 1.81. The molecule has 116 valence electrons. The van der Waals surface area contributed by atoms with Gasteiger partial charge >= 0.3 is 0 Å². The molecular weight excluding hydrogens is 248 g/mol. The lowest BCUT2D eigenvalue weighted by molar-refractivity contribution is -0.124. The average Bonchev–Trinajstić information content (AvgIpc) is 2.64. The first-order valence-corrected chi connectivity index (χ1v) is 8.63. The lowest BCUT2D eigenvalue weighted by Gasteiger charge is -2.36. The number of rotatable bonds is 4. The Kier molecular flexibility index (Phi) is 5.88. The fourth-order valence-corrected chi connectivity index (χ4v) is 4.01. The Morgan fingerprint density at radius 1 is 1.10 bits per heavy atom. The first-order chi connectivity index (χ1) is 9.63. The lowest BCUT2D eigenvalue weighted by Crippen LogP contribution is -2.41. The summed E-state index contributed by atoms with van der Waals surface area (Å²) in [6.45, 7) is 3.00. The number of nitrogens with one attached hydrogen (secondary N) is 1. The normalized spacial score (nSPS) is 30.5. The molecule has 2 fully saturated rings. The molecule has 2 saturated carbocycles. The van der Waals surface area contributed by atoms with Crippen LogP contribution in [-0.4, -0.2) is 18.5 Å². The van der Waals surface area contributed by atoms with Crippen LogP contribution in [0, 0.1) is 11.3 Å². The van der Waals surface area contributed by atoms with Crippen molar-refractivity contribution in [1.29, 1.82) is 0 Å². The second-order valence-electron chi connectivity index (χ2n) is 7.32. The molecule has 2 unspecified atom stereocenters. The summed E-state index contributed by atoms with van der Waals surface area (Å²) in [7, 11) is 0. The van der Waals surface area contributed by atoms with Crippen LogP contribution in [0.25, 0.3) is 0 Å². The van der Waals surface area contributed by atoms with Gasteiger partial charge in [0.1, 0.15) is 0 Å². The molecule has 2 atom stereocenters. The van der Waals surface area contributed by atoms with Crippen LogP contribution in [0.15, 0.2) is 0 Å². The van der Waals surface area contributed by atoms with Crippen molar-refractivity contribution in [1.82, 2.24) is 5.32 Å². The molecule has 2 aliphatic carbocycles. The summed E-state index contributed by atoms with van der Waals surface area (Å²) < 4.78 is 0.